The molecule has 10 nitrogen and oxygen atoms in total. The van der Waals surface area contributed by atoms with Gasteiger partial charge in [0.2, 0.25) is 11.6 Å². The summed E-state index contributed by atoms with van der Waals surface area (Å²) in [5.41, 5.74) is 10.9. The maximum Gasteiger partial charge on any atom is 0.293 e. The van der Waals surface area contributed by atoms with Crippen LogP contribution >= 0.6 is 11.8 Å². The van der Waals surface area contributed by atoms with Gasteiger partial charge in [-0.15, -0.1) is 16.9 Å². The number of anilines is 1. The molecule has 4 rings (SSSR count). The summed E-state index contributed by atoms with van der Waals surface area (Å²) in [5.74, 6) is 0.0835. The number of amides is 1. The number of nitrogens with zero attached hydrogens (tertiary/aromatic N) is 6. The van der Waals surface area contributed by atoms with Crippen molar-refractivity contribution in [3.63, 3.8) is 0 Å². The van der Waals surface area contributed by atoms with E-state index < -0.39 is 5.91 Å². The molecule has 31 heavy (non-hydrogen) atoms. The molecular weight excluding hydrogens is 416 g/mol. The van der Waals surface area contributed by atoms with Crippen molar-refractivity contribution in [2.45, 2.75) is 17.6 Å². The second-order valence-corrected chi connectivity index (χ2v) is 7.53. The molecule has 2 aromatic carbocycles. The minimum absolute atomic E-state index is 0.0419. The van der Waals surface area contributed by atoms with Crippen molar-refractivity contribution in [3.05, 3.63) is 77.1 Å². The molecule has 2 heterocycles. The zero-order valence-corrected chi connectivity index (χ0v) is 17.3. The normalized spacial score (nSPS) is 11.1. The number of nitrogens with two attached hydrogens (primary N) is 1. The van der Waals surface area contributed by atoms with Gasteiger partial charge in [-0.1, -0.05) is 53.2 Å². The maximum absolute atomic E-state index is 12.7. The van der Waals surface area contributed by atoms with Crippen molar-refractivity contribution in [2.75, 3.05) is 5.73 Å². The average molecular weight is 434 g/mol. The van der Waals surface area contributed by atoms with Crippen LogP contribution in [-0.4, -0.2) is 37.4 Å². The van der Waals surface area contributed by atoms with Gasteiger partial charge in [0.05, 0.1) is 11.9 Å². The van der Waals surface area contributed by atoms with Crippen LogP contribution in [0, 0.1) is 6.92 Å². The number of hydrazone groups is 1. The standard InChI is InChI=1S/C20H18N8O2S/c1-13-7-9-14(10-8-13)11-22-24-20(29)17-16(12-31-15-5-3-2-4-6-15)28(27-23-17)19-18(21)25-30-26-19/h2-11H,12H2,1H3,(H2,21,25)(H,24,29)/b22-11-. The van der Waals surface area contributed by atoms with Gasteiger partial charge >= 0.3 is 0 Å². The molecular formula is C20H18N8O2S. The largest absolute Gasteiger partial charge is 0.378 e. The van der Waals surface area contributed by atoms with E-state index in [1.54, 1.807) is 6.21 Å². The zero-order chi connectivity index (χ0) is 21.6. The third kappa shape index (κ3) is 4.78. The third-order valence-electron chi connectivity index (χ3n) is 4.25. The predicted molar refractivity (Wildman–Crippen MR) is 116 cm³/mol. The summed E-state index contributed by atoms with van der Waals surface area (Å²) < 4.78 is 6.01. The molecule has 0 saturated heterocycles. The lowest BCUT2D eigenvalue weighted by molar-refractivity contribution is 0.0949. The Hall–Kier alpha value is -3.99. The lowest BCUT2D eigenvalue weighted by Gasteiger charge is -2.05. The Morgan fingerprint density at radius 2 is 1.97 bits per heavy atom. The molecule has 0 radical (unpaired) electrons. The Bertz CT molecular complexity index is 1200. The summed E-state index contributed by atoms with van der Waals surface area (Å²) in [6, 6.07) is 17.5. The summed E-state index contributed by atoms with van der Waals surface area (Å²) in [6.45, 7) is 2.00. The van der Waals surface area contributed by atoms with Gasteiger partial charge in [0, 0.05) is 10.6 Å². The van der Waals surface area contributed by atoms with Crippen molar-refractivity contribution in [2.24, 2.45) is 5.10 Å². The van der Waals surface area contributed by atoms with Gasteiger partial charge < -0.3 is 5.73 Å². The van der Waals surface area contributed by atoms with Crippen LogP contribution in [0.25, 0.3) is 5.82 Å². The highest BCUT2D eigenvalue weighted by molar-refractivity contribution is 7.98. The van der Waals surface area contributed by atoms with Crippen LogP contribution in [0.4, 0.5) is 5.82 Å². The Labute approximate surface area is 181 Å². The van der Waals surface area contributed by atoms with Crippen molar-refractivity contribution in [1.82, 2.24) is 30.7 Å². The highest BCUT2D eigenvalue weighted by Crippen LogP contribution is 2.25. The maximum atomic E-state index is 12.7. The van der Waals surface area contributed by atoms with Crippen molar-refractivity contribution in [3.8, 4) is 5.82 Å². The van der Waals surface area contributed by atoms with E-state index in [1.165, 1.54) is 16.4 Å². The number of carbonyl (C=O) groups is 1. The smallest absolute Gasteiger partial charge is 0.293 e. The second kappa shape index (κ2) is 9.22. The molecule has 2 aromatic heterocycles. The van der Waals surface area contributed by atoms with Crippen LogP contribution in [0.15, 0.2) is 69.2 Å². The van der Waals surface area contributed by atoms with Crippen molar-refractivity contribution < 1.29 is 9.42 Å². The third-order valence-corrected chi connectivity index (χ3v) is 5.27. The van der Waals surface area contributed by atoms with Gasteiger partial charge in [0.15, 0.2) is 5.69 Å². The minimum atomic E-state index is -0.506. The fourth-order valence-corrected chi connectivity index (χ4v) is 3.57. The van der Waals surface area contributed by atoms with Gasteiger partial charge in [0.1, 0.15) is 0 Å². The number of benzene rings is 2. The van der Waals surface area contributed by atoms with Gasteiger partial charge in [-0.2, -0.15) is 9.78 Å². The van der Waals surface area contributed by atoms with E-state index in [0.29, 0.717) is 11.4 Å². The van der Waals surface area contributed by atoms with E-state index in [4.69, 9.17) is 5.73 Å². The lowest BCUT2D eigenvalue weighted by atomic mass is 10.2. The van der Waals surface area contributed by atoms with Crippen LogP contribution < -0.4 is 11.2 Å². The fraction of sp³-hybridized carbons (Fsp3) is 0.100. The number of aryl methyl sites for hydroxylation is 1. The molecule has 0 bridgehead atoms. The van der Waals surface area contributed by atoms with Gasteiger partial charge in [-0.05, 0) is 34.9 Å². The Morgan fingerprint density at radius 1 is 1.19 bits per heavy atom. The summed E-state index contributed by atoms with van der Waals surface area (Å²) in [5, 5.41) is 19.4. The number of carbonyl (C=O) groups excluding carboxylic acids is 1. The number of aromatic nitrogens is 5. The first-order valence-corrected chi connectivity index (χ1v) is 10.2. The second-order valence-electron chi connectivity index (χ2n) is 6.48. The number of hydrogen-bond acceptors (Lipinski definition) is 9. The molecule has 0 spiro atoms. The number of nitrogen functional groups attached to an aromatic ring is 1. The van der Waals surface area contributed by atoms with E-state index in [9.17, 15) is 4.79 Å². The number of thioether (sulfide) groups is 1. The number of nitrogens with one attached hydrogen (secondary N) is 1. The molecule has 1 amide bonds. The summed E-state index contributed by atoms with van der Waals surface area (Å²) in [7, 11) is 0. The molecule has 0 fully saturated rings. The van der Waals surface area contributed by atoms with E-state index in [1.807, 2.05) is 61.5 Å². The van der Waals surface area contributed by atoms with Crippen molar-refractivity contribution in [1.29, 1.82) is 0 Å². The molecule has 0 aliphatic carbocycles. The SMILES string of the molecule is Cc1ccc(/C=N\NC(=O)c2nnn(-c3nonc3N)c2CSc2ccccc2)cc1. The van der Waals surface area contributed by atoms with Crippen LogP contribution in [0.3, 0.4) is 0 Å². The van der Waals surface area contributed by atoms with Gasteiger partial charge in [-0.3, -0.25) is 4.79 Å². The molecule has 3 N–H and O–H groups in total. The first-order valence-electron chi connectivity index (χ1n) is 9.22. The Kier molecular flexibility index (Phi) is 6.03. The molecule has 156 valence electrons. The average Bonchev–Trinajstić information content (AvgIpc) is 3.40. The molecule has 0 aliphatic rings. The zero-order valence-electron chi connectivity index (χ0n) is 16.5. The van der Waals surface area contributed by atoms with Gasteiger partial charge in [-0.25, -0.2) is 10.1 Å². The van der Waals surface area contributed by atoms with Crippen LogP contribution in [0.1, 0.15) is 27.3 Å². The summed E-state index contributed by atoms with van der Waals surface area (Å²) in [4.78, 5) is 13.8. The molecule has 0 atom stereocenters. The molecule has 0 unspecified atom stereocenters. The topological polar surface area (TPSA) is 137 Å². The molecule has 11 heteroatoms. The Morgan fingerprint density at radius 3 is 2.68 bits per heavy atom. The highest BCUT2D eigenvalue weighted by atomic mass is 32.2. The molecule has 0 aliphatic heterocycles. The predicted octanol–water partition coefficient (Wildman–Crippen LogP) is 2.60. The van der Waals surface area contributed by atoms with Crippen LogP contribution in [-0.2, 0) is 5.75 Å². The lowest BCUT2D eigenvalue weighted by Crippen LogP contribution is -2.20. The van der Waals surface area contributed by atoms with Crippen molar-refractivity contribution >= 4 is 29.7 Å². The van der Waals surface area contributed by atoms with E-state index in [0.717, 1.165) is 16.0 Å². The molecule has 0 saturated carbocycles. The van der Waals surface area contributed by atoms with E-state index in [2.05, 4.69) is 35.8 Å². The summed E-state index contributed by atoms with van der Waals surface area (Å²) in [6.07, 6.45) is 1.56. The fourth-order valence-electron chi connectivity index (χ4n) is 2.65. The molecule has 4 aromatic rings. The van der Waals surface area contributed by atoms with Crippen LogP contribution in [0.5, 0.6) is 0 Å². The van der Waals surface area contributed by atoms with Crippen LogP contribution in [0.2, 0.25) is 0 Å². The minimum Gasteiger partial charge on any atom is -0.378 e. The first-order chi connectivity index (χ1) is 15.1. The monoisotopic (exact) mass is 434 g/mol. The van der Waals surface area contributed by atoms with E-state index in [-0.39, 0.29) is 17.3 Å². The number of hydrogen-bond donors (Lipinski definition) is 2. The van der Waals surface area contributed by atoms with Gasteiger partial charge in [0.25, 0.3) is 5.91 Å². The highest BCUT2D eigenvalue weighted by Gasteiger charge is 2.23. The van der Waals surface area contributed by atoms with E-state index >= 15 is 0 Å². The quantitative estimate of drug-likeness (QED) is 0.257. The summed E-state index contributed by atoms with van der Waals surface area (Å²) >= 11 is 1.51. The first kappa shape index (κ1) is 20.3. The Balaban J connectivity index is 1.57. The number of rotatable bonds is 7.